The van der Waals surface area contributed by atoms with E-state index in [-0.39, 0.29) is 0 Å². The first kappa shape index (κ1) is 13.2. The summed E-state index contributed by atoms with van der Waals surface area (Å²) in [5.74, 6) is 0. The lowest BCUT2D eigenvalue weighted by atomic mass is 10.00. The van der Waals surface area contributed by atoms with Crippen LogP contribution >= 0.6 is 0 Å². The minimum atomic E-state index is 0.737. The summed E-state index contributed by atoms with van der Waals surface area (Å²) in [6, 6.07) is 24.5. The third kappa shape index (κ3) is 2.72. The van der Waals surface area contributed by atoms with Crippen LogP contribution in [0.2, 0.25) is 0 Å². The molecule has 0 fully saturated rings. The molecule has 3 aromatic rings. The quantitative estimate of drug-likeness (QED) is 0.677. The lowest BCUT2D eigenvalue weighted by Gasteiger charge is -2.08. The maximum Gasteiger partial charge on any atom is 0.0399 e. The Morgan fingerprint density at radius 2 is 1.48 bits per heavy atom. The molecule has 102 valence electrons. The first-order valence-corrected chi connectivity index (χ1v) is 6.95. The maximum atomic E-state index is 6.30. The van der Waals surface area contributed by atoms with Gasteiger partial charge in [0.2, 0.25) is 0 Å². The minimum Gasteiger partial charge on any atom is -0.398 e. The van der Waals surface area contributed by atoms with E-state index in [9.17, 15) is 0 Å². The summed E-state index contributed by atoms with van der Waals surface area (Å²) in [6.45, 7) is 4.11. The Morgan fingerprint density at radius 1 is 0.810 bits per heavy atom. The Kier molecular flexibility index (Phi) is 3.57. The van der Waals surface area contributed by atoms with Gasteiger partial charge in [0.15, 0.2) is 0 Å². The molecule has 2 N–H and O–H groups in total. The normalized spacial score (nSPS) is 11.5. The molecule has 0 bridgehead atoms. The van der Waals surface area contributed by atoms with Gasteiger partial charge >= 0.3 is 0 Å². The molecular weight excluding hydrogens is 254 g/mol. The highest BCUT2D eigenvalue weighted by Crippen LogP contribution is 2.24. The van der Waals surface area contributed by atoms with Crippen molar-refractivity contribution >= 4 is 22.0 Å². The number of hydrogen-bond acceptors (Lipinski definition) is 1. The SMILES string of the molecule is C=C(/C=C(\N)c1cccc2ccccc12)c1ccccc1. The van der Waals surface area contributed by atoms with Crippen molar-refractivity contribution in [3.63, 3.8) is 0 Å². The molecule has 0 atom stereocenters. The molecule has 21 heavy (non-hydrogen) atoms. The highest BCUT2D eigenvalue weighted by Gasteiger charge is 2.04. The smallest absolute Gasteiger partial charge is 0.0399 e. The van der Waals surface area contributed by atoms with Gasteiger partial charge in [0.25, 0.3) is 0 Å². The van der Waals surface area contributed by atoms with Gasteiger partial charge in [-0.2, -0.15) is 0 Å². The summed E-state index contributed by atoms with van der Waals surface area (Å²) in [4.78, 5) is 0. The molecule has 0 aliphatic carbocycles. The maximum absolute atomic E-state index is 6.30. The number of allylic oxidation sites excluding steroid dienone is 2. The van der Waals surface area contributed by atoms with Crippen LogP contribution in [0.25, 0.3) is 22.0 Å². The molecule has 0 amide bonds. The predicted molar refractivity (Wildman–Crippen MR) is 91.6 cm³/mol. The Morgan fingerprint density at radius 3 is 2.29 bits per heavy atom. The van der Waals surface area contributed by atoms with Gasteiger partial charge in [-0.15, -0.1) is 0 Å². The summed E-state index contributed by atoms with van der Waals surface area (Å²) in [5, 5.41) is 2.35. The van der Waals surface area contributed by atoms with Gasteiger partial charge in [-0.3, -0.25) is 0 Å². The molecule has 0 radical (unpaired) electrons. The molecule has 0 saturated heterocycles. The third-order valence-corrected chi connectivity index (χ3v) is 3.57. The fourth-order valence-corrected chi connectivity index (χ4v) is 2.48. The minimum absolute atomic E-state index is 0.737. The number of hydrogen-bond donors (Lipinski definition) is 1. The fourth-order valence-electron chi connectivity index (χ4n) is 2.48. The van der Waals surface area contributed by atoms with Crippen molar-refractivity contribution in [3.05, 3.63) is 96.6 Å². The van der Waals surface area contributed by atoms with Gasteiger partial charge < -0.3 is 5.73 Å². The van der Waals surface area contributed by atoms with E-state index in [1.54, 1.807) is 0 Å². The van der Waals surface area contributed by atoms with E-state index in [0.29, 0.717) is 0 Å². The average molecular weight is 271 g/mol. The lowest BCUT2D eigenvalue weighted by Crippen LogP contribution is -1.97. The Balaban J connectivity index is 2.03. The highest BCUT2D eigenvalue weighted by molar-refractivity contribution is 5.95. The summed E-state index contributed by atoms with van der Waals surface area (Å²) >= 11 is 0. The van der Waals surface area contributed by atoms with Crippen molar-refractivity contribution in [2.24, 2.45) is 5.73 Å². The molecule has 1 heteroatoms. The third-order valence-electron chi connectivity index (χ3n) is 3.57. The topological polar surface area (TPSA) is 26.0 Å². The van der Waals surface area contributed by atoms with Crippen LogP contribution in [-0.2, 0) is 0 Å². The predicted octanol–water partition coefficient (Wildman–Crippen LogP) is 4.85. The van der Waals surface area contributed by atoms with Crippen molar-refractivity contribution < 1.29 is 0 Å². The number of benzene rings is 3. The van der Waals surface area contributed by atoms with Crippen molar-refractivity contribution in [3.8, 4) is 0 Å². The summed E-state index contributed by atoms with van der Waals surface area (Å²) in [5.41, 5.74) is 10.1. The van der Waals surface area contributed by atoms with Crippen LogP contribution in [0.15, 0.2) is 85.5 Å². The molecule has 0 aromatic heterocycles. The van der Waals surface area contributed by atoms with E-state index in [1.165, 1.54) is 5.39 Å². The van der Waals surface area contributed by atoms with Gasteiger partial charge in [-0.25, -0.2) is 0 Å². The Labute approximate surface area is 125 Å². The zero-order valence-corrected chi connectivity index (χ0v) is 11.8. The van der Waals surface area contributed by atoms with Crippen LogP contribution in [0, 0.1) is 0 Å². The van der Waals surface area contributed by atoms with Crippen molar-refractivity contribution in [2.45, 2.75) is 0 Å². The largest absolute Gasteiger partial charge is 0.398 e. The van der Waals surface area contributed by atoms with Crippen LogP contribution in [0.1, 0.15) is 11.1 Å². The molecule has 0 aliphatic heterocycles. The highest BCUT2D eigenvalue weighted by atomic mass is 14.6. The molecule has 3 rings (SSSR count). The fraction of sp³-hybridized carbons (Fsp3) is 0. The van der Waals surface area contributed by atoms with Gasteiger partial charge in [0.05, 0.1) is 0 Å². The van der Waals surface area contributed by atoms with Crippen LogP contribution in [-0.4, -0.2) is 0 Å². The summed E-state index contributed by atoms with van der Waals surface area (Å²) < 4.78 is 0. The monoisotopic (exact) mass is 271 g/mol. The molecule has 0 saturated carbocycles. The van der Waals surface area contributed by atoms with E-state index in [4.69, 9.17) is 5.73 Å². The number of rotatable bonds is 3. The van der Waals surface area contributed by atoms with E-state index >= 15 is 0 Å². The van der Waals surface area contributed by atoms with E-state index in [1.807, 2.05) is 60.7 Å². The van der Waals surface area contributed by atoms with Crippen LogP contribution in [0.3, 0.4) is 0 Å². The van der Waals surface area contributed by atoms with E-state index in [2.05, 4.69) is 24.8 Å². The van der Waals surface area contributed by atoms with Gasteiger partial charge in [-0.1, -0.05) is 79.4 Å². The molecule has 3 aromatic carbocycles. The number of nitrogens with two attached hydrogens (primary N) is 1. The second-order valence-corrected chi connectivity index (χ2v) is 5.02. The lowest BCUT2D eigenvalue weighted by molar-refractivity contribution is 1.54. The van der Waals surface area contributed by atoms with Crippen LogP contribution in [0.5, 0.6) is 0 Å². The van der Waals surface area contributed by atoms with Gasteiger partial charge in [0, 0.05) is 11.3 Å². The summed E-state index contributed by atoms with van der Waals surface area (Å²) in [7, 11) is 0. The first-order chi connectivity index (χ1) is 10.3. The van der Waals surface area contributed by atoms with Crippen molar-refractivity contribution in [2.75, 3.05) is 0 Å². The average Bonchev–Trinajstić information content (AvgIpc) is 2.55. The molecule has 0 unspecified atom stereocenters. The van der Waals surface area contributed by atoms with E-state index < -0.39 is 0 Å². The molecule has 1 nitrogen and oxygen atoms in total. The van der Waals surface area contributed by atoms with Crippen LogP contribution in [0.4, 0.5) is 0 Å². The zero-order valence-electron chi connectivity index (χ0n) is 11.8. The van der Waals surface area contributed by atoms with Gasteiger partial charge in [0.1, 0.15) is 0 Å². The Hall–Kier alpha value is -2.80. The second kappa shape index (κ2) is 5.68. The second-order valence-electron chi connectivity index (χ2n) is 5.02. The number of fused-ring (bicyclic) bond motifs is 1. The molecular formula is C20H17N. The summed E-state index contributed by atoms with van der Waals surface area (Å²) in [6.07, 6.45) is 1.94. The standard InChI is InChI=1S/C20H17N/c1-15(16-8-3-2-4-9-16)14-20(21)19-13-7-11-17-10-5-6-12-18(17)19/h2-14H,1,21H2/b20-14-. The van der Waals surface area contributed by atoms with Crippen molar-refractivity contribution in [1.29, 1.82) is 0 Å². The van der Waals surface area contributed by atoms with E-state index in [0.717, 1.165) is 27.8 Å². The molecule has 0 aliphatic rings. The first-order valence-electron chi connectivity index (χ1n) is 6.95. The molecule has 0 spiro atoms. The van der Waals surface area contributed by atoms with Crippen molar-refractivity contribution in [1.82, 2.24) is 0 Å². The Bertz CT molecular complexity index is 808. The zero-order chi connectivity index (χ0) is 14.7. The van der Waals surface area contributed by atoms with Crippen LogP contribution < -0.4 is 5.73 Å². The molecule has 0 heterocycles. The van der Waals surface area contributed by atoms with Gasteiger partial charge in [-0.05, 0) is 28.0 Å².